The summed E-state index contributed by atoms with van der Waals surface area (Å²) in [5.41, 5.74) is 1.41. The molecule has 1 heterocycles. The molecule has 2 aromatic carbocycles. The average molecular weight is 494 g/mol. The van der Waals surface area contributed by atoms with Crippen LogP contribution in [0.3, 0.4) is 0 Å². The number of ether oxygens (including phenoxy) is 1. The van der Waals surface area contributed by atoms with E-state index in [4.69, 9.17) is 27.9 Å². The van der Waals surface area contributed by atoms with Crippen molar-refractivity contribution in [1.82, 2.24) is 25.4 Å². The van der Waals surface area contributed by atoms with Gasteiger partial charge in [-0.25, -0.2) is 4.79 Å². The first-order chi connectivity index (χ1) is 15.2. The fraction of sp³-hybridized carbons (Fsp3) is 0.318. The minimum Gasteiger partial charge on any atom is -0.497 e. The number of halogens is 2. The maximum Gasteiger partial charge on any atom is 0.315 e. The number of methoxy groups -OCH3 is 1. The molecule has 0 aliphatic heterocycles. The van der Waals surface area contributed by atoms with Crippen LogP contribution >= 0.6 is 35.0 Å². The number of thioether (sulfide) groups is 1. The van der Waals surface area contributed by atoms with E-state index in [1.54, 1.807) is 19.2 Å². The molecule has 1 aromatic heterocycles. The number of carbonyl (C=O) groups excluding carboxylic acids is 1. The quantitative estimate of drug-likeness (QED) is 0.426. The van der Waals surface area contributed by atoms with E-state index in [0.717, 1.165) is 11.3 Å². The lowest BCUT2D eigenvalue weighted by molar-refractivity contribution is 0.231. The summed E-state index contributed by atoms with van der Waals surface area (Å²) in [4.78, 5) is 12.2. The molecule has 7 nitrogen and oxygen atoms in total. The van der Waals surface area contributed by atoms with Crippen LogP contribution in [0.5, 0.6) is 5.75 Å². The van der Waals surface area contributed by atoms with Crippen molar-refractivity contribution in [3.8, 4) is 11.4 Å². The minimum atomic E-state index is -0.352. The van der Waals surface area contributed by atoms with Gasteiger partial charge in [0.1, 0.15) is 5.75 Å². The Balaban J connectivity index is 1.87. The van der Waals surface area contributed by atoms with E-state index in [1.807, 2.05) is 55.7 Å². The second kappa shape index (κ2) is 10.5. The number of nitrogens with zero attached hydrogens (tertiary/aromatic N) is 3. The summed E-state index contributed by atoms with van der Waals surface area (Å²) in [5.74, 6) is 1.99. The fourth-order valence-corrected chi connectivity index (χ4v) is 4.27. The molecule has 2 N–H and O–H groups in total. The smallest absolute Gasteiger partial charge is 0.315 e. The molecular weight excluding hydrogens is 469 g/mol. The molecule has 2 amide bonds. The molecule has 170 valence electrons. The van der Waals surface area contributed by atoms with Gasteiger partial charge in [0.05, 0.1) is 24.4 Å². The molecule has 3 rings (SSSR count). The third-order valence-electron chi connectivity index (χ3n) is 4.25. The normalized spacial score (nSPS) is 11.3. The number of urea groups is 1. The number of aromatic nitrogens is 3. The van der Waals surface area contributed by atoms with Gasteiger partial charge in [-0.05, 0) is 56.7 Å². The second-order valence-corrected chi connectivity index (χ2v) is 9.81. The van der Waals surface area contributed by atoms with Gasteiger partial charge in [-0.2, -0.15) is 0 Å². The van der Waals surface area contributed by atoms with Crippen molar-refractivity contribution in [1.29, 1.82) is 0 Å². The Morgan fingerprint density at radius 2 is 1.94 bits per heavy atom. The Bertz CT molecular complexity index is 1100. The molecule has 0 atom stereocenters. The van der Waals surface area contributed by atoms with Crippen molar-refractivity contribution < 1.29 is 9.53 Å². The zero-order valence-corrected chi connectivity index (χ0v) is 20.6. The van der Waals surface area contributed by atoms with E-state index in [-0.39, 0.29) is 18.1 Å². The Hall–Kier alpha value is -2.42. The molecule has 0 aliphatic rings. The number of nitrogens with one attached hydrogen (secondary N) is 2. The van der Waals surface area contributed by atoms with E-state index in [2.05, 4.69) is 20.8 Å². The average Bonchev–Trinajstić information content (AvgIpc) is 3.12. The lowest BCUT2D eigenvalue weighted by Crippen LogP contribution is -2.46. The van der Waals surface area contributed by atoms with Crippen molar-refractivity contribution in [2.45, 2.75) is 43.8 Å². The zero-order valence-electron chi connectivity index (χ0n) is 18.3. The van der Waals surface area contributed by atoms with Crippen molar-refractivity contribution in [2.24, 2.45) is 0 Å². The highest BCUT2D eigenvalue weighted by molar-refractivity contribution is 7.98. The van der Waals surface area contributed by atoms with Crippen LogP contribution in [0.25, 0.3) is 5.69 Å². The first-order valence-electron chi connectivity index (χ1n) is 9.88. The Kier molecular flexibility index (Phi) is 7.92. The zero-order chi connectivity index (χ0) is 23.3. The Labute approximate surface area is 201 Å². The standard InChI is InChI=1S/C22H25Cl2N5O2S/c1-22(2,3)26-20(30)25-12-19-27-28-21(29(19)18-9-8-15(23)11-17(18)24)32-13-14-6-5-7-16(10-14)31-4/h5-11H,12-13H2,1-4H3,(H2,25,26,30). The molecule has 0 radical (unpaired) electrons. The highest BCUT2D eigenvalue weighted by atomic mass is 35.5. The summed E-state index contributed by atoms with van der Waals surface area (Å²) < 4.78 is 7.14. The predicted octanol–water partition coefficient (Wildman–Crippen LogP) is 5.47. The van der Waals surface area contributed by atoms with Gasteiger partial charge >= 0.3 is 6.03 Å². The van der Waals surface area contributed by atoms with E-state index in [0.29, 0.717) is 32.5 Å². The summed E-state index contributed by atoms with van der Waals surface area (Å²) in [7, 11) is 1.64. The minimum absolute atomic E-state index is 0.174. The van der Waals surface area contributed by atoms with Gasteiger partial charge in [-0.3, -0.25) is 4.57 Å². The predicted molar refractivity (Wildman–Crippen MR) is 129 cm³/mol. The Morgan fingerprint density at radius 3 is 2.62 bits per heavy atom. The largest absolute Gasteiger partial charge is 0.497 e. The topological polar surface area (TPSA) is 81.1 Å². The molecule has 0 saturated carbocycles. The van der Waals surface area contributed by atoms with E-state index < -0.39 is 0 Å². The summed E-state index contributed by atoms with van der Waals surface area (Å²) in [6.45, 7) is 5.91. The van der Waals surface area contributed by atoms with Crippen LogP contribution in [-0.2, 0) is 12.3 Å². The van der Waals surface area contributed by atoms with Crippen LogP contribution in [-0.4, -0.2) is 33.4 Å². The number of hydrogen-bond acceptors (Lipinski definition) is 5. The lowest BCUT2D eigenvalue weighted by atomic mass is 10.1. The van der Waals surface area contributed by atoms with Crippen molar-refractivity contribution in [3.63, 3.8) is 0 Å². The third kappa shape index (κ3) is 6.54. The van der Waals surface area contributed by atoms with Gasteiger partial charge in [0.2, 0.25) is 0 Å². The number of benzene rings is 2. The number of carbonyl (C=O) groups is 1. The van der Waals surface area contributed by atoms with Gasteiger partial charge < -0.3 is 15.4 Å². The number of amides is 2. The molecule has 32 heavy (non-hydrogen) atoms. The van der Waals surface area contributed by atoms with Crippen LogP contribution in [0.1, 0.15) is 32.2 Å². The monoisotopic (exact) mass is 493 g/mol. The SMILES string of the molecule is COc1cccc(CSc2nnc(CNC(=O)NC(C)(C)C)n2-c2ccc(Cl)cc2Cl)c1. The number of hydrogen-bond donors (Lipinski definition) is 2. The van der Waals surface area contributed by atoms with E-state index in [9.17, 15) is 4.79 Å². The van der Waals surface area contributed by atoms with Gasteiger partial charge in [0, 0.05) is 16.3 Å². The molecule has 0 unspecified atom stereocenters. The molecule has 3 aromatic rings. The van der Waals surface area contributed by atoms with Crippen LogP contribution in [0.15, 0.2) is 47.6 Å². The third-order valence-corrected chi connectivity index (χ3v) is 5.79. The first kappa shape index (κ1) is 24.2. The van der Waals surface area contributed by atoms with E-state index in [1.165, 1.54) is 11.8 Å². The molecular formula is C22H25Cl2N5O2S. The van der Waals surface area contributed by atoms with Crippen molar-refractivity contribution >= 4 is 41.0 Å². The highest BCUT2D eigenvalue weighted by Gasteiger charge is 2.19. The second-order valence-electron chi connectivity index (χ2n) is 8.03. The highest BCUT2D eigenvalue weighted by Crippen LogP contribution is 2.31. The van der Waals surface area contributed by atoms with Crippen LogP contribution in [0.2, 0.25) is 10.0 Å². The van der Waals surface area contributed by atoms with Gasteiger partial charge in [-0.15, -0.1) is 10.2 Å². The summed E-state index contributed by atoms with van der Waals surface area (Å²) in [5, 5.41) is 16.0. The summed E-state index contributed by atoms with van der Waals surface area (Å²) in [6.07, 6.45) is 0. The first-order valence-corrected chi connectivity index (χ1v) is 11.6. The number of rotatable bonds is 7. The van der Waals surface area contributed by atoms with Crippen molar-refractivity contribution in [3.05, 3.63) is 63.9 Å². The van der Waals surface area contributed by atoms with Gasteiger partial charge in [0.15, 0.2) is 11.0 Å². The Morgan fingerprint density at radius 1 is 1.16 bits per heavy atom. The molecule has 0 saturated heterocycles. The molecule has 0 fully saturated rings. The molecule has 0 aliphatic carbocycles. The van der Waals surface area contributed by atoms with Crippen LogP contribution in [0, 0.1) is 0 Å². The van der Waals surface area contributed by atoms with Crippen LogP contribution < -0.4 is 15.4 Å². The lowest BCUT2D eigenvalue weighted by Gasteiger charge is -2.20. The fourth-order valence-electron chi connectivity index (χ4n) is 2.87. The summed E-state index contributed by atoms with van der Waals surface area (Å²) >= 11 is 14.1. The molecule has 0 spiro atoms. The van der Waals surface area contributed by atoms with Crippen LogP contribution in [0.4, 0.5) is 4.79 Å². The van der Waals surface area contributed by atoms with E-state index >= 15 is 0 Å². The molecule has 0 bridgehead atoms. The van der Waals surface area contributed by atoms with Crippen molar-refractivity contribution in [2.75, 3.05) is 7.11 Å². The maximum absolute atomic E-state index is 12.2. The maximum atomic E-state index is 12.2. The van der Waals surface area contributed by atoms with Gasteiger partial charge in [0.25, 0.3) is 0 Å². The summed E-state index contributed by atoms with van der Waals surface area (Å²) in [6, 6.07) is 12.8. The molecule has 10 heteroatoms. The van der Waals surface area contributed by atoms with Gasteiger partial charge in [-0.1, -0.05) is 47.1 Å².